The van der Waals surface area contributed by atoms with Gasteiger partial charge in [-0.15, -0.1) is 11.3 Å². The molecular formula is C17H14BrN3OS. The summed E-state index contributed by atoms with van der Waals surface area (Å²) in [7, 11) is 0. The summed E-state index contributed by atoms with van der Waals surface area (Å²) in [6.07, 6.45) is 4.57. The fraction of sp³-hybridized carbons (Fsp3) is 0.118. The molecule has 3 rings (SSSR count). The zero-order valence-electron chi connectivity index (χ0n) is 12.2. The van der Waals surface area contributed by atoms with Crippen LogP contribution >= 0.6 is 27.3 Å². The van der Waals surface area contributed by atoms with Crippen molar-refractivity contribution in [1.82, 2.24) is 9.97 Å². The van der Waals surface area contributed by atoms with E-state index < -0.39 is 0 Å². The zero-order valence-corrected chi connectivity index (χ0v) is 14.6. The molecule has 0 aliphatic heterocycles. The minimum Gasteiger partial charge on any atom is -0.326 e. The van der Waals surface area contributed by atoms with Gasteiger partial charge in [0.2, 0.25) is 5.91 Å². The molecule has 0 saturated carbocycles. The summed E-state index contributed by atoms with van der Waals surface area (Å²) in [5, 5.41) is 5.81. The average molecular weight is 388 g/mol. The molecule has 1 N–H and O–H groups in total. The molecule has 2 heterocycles. The van der Waals surface area contributed by atoms with Crippen LogP contribution in [-0.4, -0.2) is 15.9 Å². The lowest BCUT2D eigenvalue weighted by atomic mass is 10.2. The maximum absolute atomic E-state index is 12.0. The van der Waals surface area contributed by atoms with Gasteiger partial charge >= 0.3 is 0 Å². The number of nitrogens with zero attached hydrogens (tertiary/aromatic N) is 2. The number of carbonyl (C=O) groups excluding carboxylic acids is 1. The van der Waals surface area contributed by atoms with E-state index in [0.29, 0.717) is 12.8 Å². The van der Waals surface area contributed by atoms with Gasteiger partial charge in [-0.3, -0.25) is 9.78 Å². The molecule has 0 aliphatic rings. The third-order valence-corrected chi connectivity index (χ3v) is 4.67. The third kappa shape index (κ3) is 4.46. The quantitative estimate of drug-likeness (QED) is 0.698. The number of thiazole rings is 1. The van der Waals surface area contributed by atoms with Crippen molar-refractivity contribution < 1.29 is 4.79 Å². The molecule has 4 nitrogen and oxygen atoms in total. The third-order valence-electron chi connectivity index (χ3n) is 3.20. The number of rotatable bonds is 5. The molecule has 6 heteroatoms. The molecule has 0 unspecified atom stereocenters. The number of pyridine rings is 1. The second-order valence-electron chi connectivity index (χ2n) is 4.94. The van der Waals surface area contributed by atoms with Crippen LogP contribution in [0.15, 0.2) is 58.6 Å². The number of hydrogen-bond donors (Lipinski definition) is 1. The van der Waals surface area contributed by atoms with Crippen LogP contribution in [0.2, 0.25) is 0 Å². The molecule has 0 saturated heterocycles. The Kier molecular flexibility index (Phi) is 5.15. The predicted octanol–water partition coefficient (Wildman–Crippen LogP) is 4.54. The molecule has 0 radical (unpaired) electrons. The van der Waals surface area contributed by atoms with Crippen LogP contribution in [-0.2, 0) is 11.2 Å². The van der Waals surface area contributed by atoms with Crippen molar-refractivity contribution in [3.8, 4) is 10.6 Å². The van der Waals surface area contributed by atoms with Gasteiger partial charge in [0.05, 0.1) is 5.69 Å². The standard InChI is InChI=1S/C17H14BrN3OS/c18-13-3-5-14(6-4-13)20-16(22)8-7-15-11-23-17(21-15)12-2-1-9-19-10-12/h1-6,9-11H,7-8H2,(H,20,22). The van der Waals surface area contributed by atoms with Crippen LogP contribution in [0.3, 0.4) is 0 Å². The highest BCUT2D eigenvalue weighted by molar-refractivity contribution is 9.10. The lowest BCUT2D eigenvalue weighted by Crippen LogP contribution is -2.12. The number of anilines is 1. The van der Waals surface area contributed by atoms with Crippen molar-refractivity contribution in [1.29, 1.82) is 0 Å². The summed E-state index contributed by atoms with van der Waals surface area (Å²) in [5.74, 6) is -0.0109. The molecule has 1 amide bonds. The highest BCUT2D eigenvalue weighted by Gasteiger charge is 2.08. The van der Waals surface area contributed by atoms with E-state index in [9.17, 15) is 4.79 Å². The number of carbonyl (C=O) groups is 1. The van der Waals surface area contributed by atoms with Crippen molar-refractivity contribution in [2.45, 2.75) is 12.8 Å². The summed E-state index contributed by atoms with van der Waals surface area (Å²) in [4.78, 5) is 20.7. The van der Waals surface area contributed by atoms with Crippen molar-refractivity contribution in [2.24, 2.45) is 0 Å². The largest absolute Gasteiger partial charge is 0.326 e. The first-order chi connectivity index (χ1) is 11.2. The van der Waals surface area contributed by atoms with E-state index in [2.05, 4.69) is 31.2 Å². The van der Waals surface area contributed by atoms with Gasteiger partial charge < -0.3 is 5.32 Å². The van der Waals surface area contributed by atoms with Gasteiger partial charge in [-0.1, -0.05) is 15.9 Å². The topological polar surface area (TPSA) is 54.9 Å². The Labute approximate surface area is 146 Å². The second-order valence-corrected chi connectivity index (χ2v) is 6.71. The number of hydrogen-bond acceptors (Lipinski definition) is 4. The Balaban J connectivity index is 1.55. The molecular weight excluding hydrogens is 374 g/mol. The van der Waals surface area contributed by atoms with Crippen LogP contribution < -0.4 is 5.32 Å². The van der Waals surface area contributed by atoms with E-state index >= 15 is 0 Å². The van der Waals surface area contributed by atoms with Gasteiger partial charge in [0.15, 0.2) is 0 Å². The molecule has 0 aliphatic carbocycles. The fourth-order valence-corrected chi connectivity index (χ4v) is 3.15. The lowest BCUT2D eigenvalue weighted by molar-refractivity contribution is -0.116. The molecule has 0 atom stereocenters. The molecule has 0 bridgehead atoms. The van der Waals surface area contributed by atoms with E-state index in [4.69, 9.17) is 0 Å². The summed E-state index contributed by atoms with van der Waals surface area (Å²) in [6, 6.07) is 11.4. The molecule has 0 fully saturated rings. The van der Waals surface area contributed by atoms with Crippen molar-refractivity contribution in [3.63, 3.8) is 0 Å². The Morgan fingerprint density at radius 3 is 2.78 bits per heavy atom. The van der Waals surface area contributed by atoms with Crippen molar-refractivity contribution >= 4 is 38.9 Å². The van der Waals surface area contributed by atoms with Crippen LogP contribution in [0.5, 0.6) is 0 Å². The first-order valence-corrected chi connectivity index (χ1v) is 8.78. The number of benzene rings is 1. The second kappa shape index (κ2) is 7.48. The molecule has 0 spiro atoms. The SMILES string of the molecule is O=C(CCc1csc(-c2cccnc2)n1)Nc1ccc(Br)cc1. The van der Waals surface area contributed by atoms with E-state index in [1.165, 1.54) is 0 Å². The maximum atomic E-state index is 12.0. The molecule has 2 aromatic heterocycles. The minimum absolute atomic E-state index is 0.0109. The zero-order chi connectivity index (χ0) is 16.1. The van der Waals surface area contributed by atoms with Crippen LogP contribution in [0, 0.1) is 0 Å². The van der Waals surface area contributed by atoms with Crippen molar-refractivity contribution in [2.75, 3.05) is 5.32 Å². The summed E-state index contributed by atoms with van der Waals surface area (Å²) in [6.45, 7) is 0. The van der Waals surface area contributed by atoms with Crippen LogP contribution in [0.1, 0.15) is 12.1 Å². The van der Waals surface area contributed by atoms with Crippen molar-refractivity contribution in [3.05, 3.63) is 64.3 Å². The van der Waals surface area contributed by atoms with Crippen LogP contribution in [0.25, 0.3) is 10.6 Å². The summed E-state index contributed by atoms with van der Waals surface area (Å²) in [5.41, 5.74) is 2.73. The van der Waals surface area contributed by atoms with Gasteiger partial charge in [0.1, 0.15) is 5.01 Å². The number of halogens is 1. The van der Waals surface area contributed by atoms with Gasteiger partial charge in [0, 0.05) is 39.9 Å². The van der Waals surface area contributed by atoms with E-state index in [1.807, 2.05) is 41.8 Å². The van der Waals surface area contributed by atoms with E-state index in [-0.39, 0.29) is 5.91 Å². The lowest BCUT2D eigenvalue weighted by Gasteiger charge is -2.04. The number of nitrogens with one attached hydrogen (secondary N) is 1. The molecule has 3 aromatic rings. The highest BCUT2D eigenvalue weighted by atomic mass is 79.9. The smallest absolute Gasteiger partial charge is 0.224 e. The fourth-order valence-electron chi connectivity index (χ4n) is 2.04. The Hall–Kier alpha value is -2.05. The summed E-state index contributed by atoms with van der Waals surface area (Å²) < 4.78 is 0.987. The Bertz CT molecular complexity index is 787. The van der Waals surface area contributed by atoms with E-state index in [1.54, 1.807) is 23.7 Å². The molecule has 23 heavy (non-hydrogen) atoms. The van der Waals surface area contributed by atoms with Crippen LogP contribution in [0.4, 0.5) is 5.69 Å². The van der Waals surface area contributed by atoms with Gasteiger partial charge in [0.25, 0.3) is 0 Å². The maximum Gasteiger partial charge on any atom is 0.224 e. The molecule has 1 aromatic carbocycles. The monoisotopic (exact) mass is 387 g/mol. The first-order valence-electron chi connectivity index (χ1n) is 7.11. The van der Waals surface area contributed by atoms with Gasteiger partial charge in [-0.25, -0.2) is 4.98 Å². The Morgan fingerprint density at radius 2 is 2.04 bits per heavy atom. The minimum atomic E-state index is -0.0109. The number of aromatic nitrogens is 2. The number of aryl methyl sites for hydroxylation is 1. The first kappa shape index (κ1) is 15.8. The highest BCUT2D eigenvalue weighted by Crippen LogP contribution is 2.23. The number of amides is 1. The predicted molar refractivity (Wildman–Crippen MR) is 96.4 cm³/mol. The van der Waals surface area contributed by atoms with E-state index in [0.717, 1.165) is 26.4 Å². The molecule has 116 valence electrons. The van der Waals surface area contributed by atoms with Gasteiger partial charge in [-0.2, -0.15) is 0 Å². The van der Waals surface area contributed by atoms with Gasteiger partial charge in [-0.05, 0) is 42.8 Å². The average Bonchev–Trinajstić information content (AvgIpc) is 3.05. The summed E-state index contributed by atoms with van der Waals surface area (Å²) >= 11 is 4.94. The normalized spacial score (nSPS) is 10.5. The Morgan fingerprint density at radius 1 is 1.22 bits per heavy atom.